The third-order valence-corrected chi connectivity index (χ3v) is 5.41. The number of benzene rings is 1. The van der Waals surface area contributed by atoms with Crippen LogP contribution in [0.3, 0.4) is 0 Å². The topological polar surface area (TPSA) is 73.6 Å². The Morgan fingerprint density at radius 1 is 1.17 bits per heavy atom. The number of amidine groups is 1. The normalized spacial score (nSPS) is 18.0. The number of guanidine groups is 1. The number of hydrogen-bond acceptors (Lipinski definition) is 7. The van der Waals surface area contributed by atoms with Gasteiger partial charge in [0.25, 0.3) is 5.91 Å². The molecule has 0 aliphatic carbocycles. The number of amides is 1. The molecule has 0 spiro atoms. The van der Waals surface area contributed by atoms with E-state index in [0.29, 0.717) is 24.6 Å². The van der Waals surface area contributed by atoms with Gasteiger partial charge in [0.05, 0.1) is 31.0 Å². The SMILES string of the molecule is CN(C(=O)c1cccnc1)C1=Nc2cc(N3CCOCC3)ccc2C2=NCCN21. The minimum atomic E-state index is -0.143. The fourth-order valence-corrected chi connectivity index (χ4v) is 3.89. The Balaban J connectivity index is 1.52. The van der Waals surface area contributed by atoms with Gasteiger partial charge in [0, 0.05) is 50.3 Å². The number of rotatable bonds is 2. The molecule has 1 amide bonds. The molecule has 0 N–H and O–H groups in total. The quantitative estimate of drug-likeness (QED) is 0.781. The van der Waals surface area contributed by atoms with Gasteiger partial charge in [-0.15, -0.1) is 0 Å². The highest BCUT2D eigenvalue weighted by Crippen LogP contribution is 2.33. The van der Waals surface area contributed by atoms with Crippen molar-refractivity contribution < 1.29 is 9.53 Å². The lowest BCUT2D eigenvalue weighted by molar-refractivity contribution is 0.0861. The molecule has 4 heterocycles. The van der Waals surface area contributed by atoms with Crippen LogP contribution in [0.2, 0.25) is 0 Å². The van der Waals surface area contributed by atoms with E-state index in [4.69, 9.17) is 9.73 Å². The van der Waals surface area contributed by atoms with Crippen LogP contribution in [0, 0.1) is 0 Å². The van der Waals surface area contributed by atoms with E-state index in [2.05, 4.69) is 33.1 Å². The van der Waals surface area contributed by atoms with Crippen molar-refractivity contribution in [2.45, 2.75) is 0 Å². The monoisotopic (exact) mass is 390 g/mol. The second-order valence-electron chi connectivity index (χ2n) is 7.18. The van der Waals surface area contributed by atoms with E-state index < -0.39 is 0 Å². The second-order valence-corrected chi connectivity index (χ2v) is 7.18. The summed E-state index contributed by atoms with van der Waals surface area (Å²) in [6.45, 7) is 4.59. The minimum Gasteiger partial charge on any atom is -0.378 e. The molecular weight excluding hydrogens is 368 g/mol. The minimum absolute atomic E-state index is 0.143. The molecule has 8 nitrogen and oxygen atoms in total. The van der Waals surface area contributed by atoms with Crippen molar-refractivity contribution >= 4 is 29.1 Å². The molecule has 1 aromatic heterocycles. The first-order valence-corrected chi connectivity index (χ1v) is 9.78. The predicted molar refractivity (Wildman–Crippen MR) is 111 cm³/mol. The van der Waals surface area contributed by atoms with Crippen molar-refractivity contribution in [1.29, 1.82) is 0 Å². The summed E-state index contributed by atoms with van der Waals surface area (Å²) in [4.78, 5) is 32.5. The fraction of sp³-hybridized carbons (Fsp3) is 0.333. The number of aromatic nitrogens is 1. The molecule has 0 saturated carbocycles. The molecule has 0 bridgehead atoms. The first kappa shape index (κ1) is 17.8. The lowest BCUT2D eigenvalue weighted by atomic mass is 10.1. The van der Waals surface area contributed by atoms with Crippen LogP contribution in [0.5, 0.6) is 0 Å². The molecule has 3 aliphatic rings. The number of aliphatic imine (C=N–C) groups is 2. The molecule has 148 valence electrons. The Kier molecular flexibility index (Phi) is 4.48. The highest BCUT2D eigenvalue weighted by molar-refractivity contribution is 6.19. The van der Waals surface area contributed by atoms with Crippen molar-refractivity contribution in [2.24, 2.45) is 9.98 Å². The van der Waals surface area contributed by atoms with Gasteiger partial charge < -0.3 is 9.64 Å². The summed E-state index contributed by atoms with van der Waals surface area (Å²) < 4.78 is 5.46. The molecule has 29 heavy (non-hydrogen) atoms. The maximum Gasteiger partial charge on any atom is 0.261 e. The van der Waals surface area contributed by atoms with E-state index in [-0.39, 0.29) is 5.91 Å². The van der Waals surface area contributed by atoms with Crippen LogP contribution in [-0.2, 0) is 4.74 Å². The zero-order valence-electron chi connectivity index (χ0n) is 16.3. The number of hydrogen-bond donors (Lipinski definition) is 0. The van der Waals surface area contributed by atoms with Gasteiger partial charge >= 0.3 is 0 Å². The van der Waals surface area contributed by atoms with Crippen LogP contribution in [0.1, 0.15) is 15.9 Å². The molecule has 0 atom stereocenters. The first-order valence-electron chi connectivity index (χ1n) is 9.78. The molecule has 0 radical (unpaired) electrons. The van der Waals surface area contributed by atoms with Crippen molar-refractivity contribution in [2.75, 3.05) is 51.3 Å². The first-order chi connectivity index (χ1) is 14.2. The summed E-state index contributed by atoms with van der Waals surface area (Å²) in [6.07, 6.45) is 3.23. The van der Waals surface area contributed by atoms with Crippen molar-refractivity contribution in [3.63, 3.8) is 0 Å². The highest BCUT2D eigenvalue weighted by atomic mass is 16.5. The number of fused-ring (bicyclic) bond motifs is 3. The lowest BCUT2D eigenvalue weighted by Gasteiger charge is -2.33. The average molecular weight is 390 g/mol. The summed E-state index contributed by atoms with van der Waals surface area (Å²) in [5.41, 5.74) is 3.49. The van der Waals surface area contributed by atoms with E-state index in [1.807, 2.05) is 4.90 Å². The smallest absolute Gasteiger partial charge is 0.261 e. The summed E-state index contributed by atoms with van der Waals surface area (Å²) >= 11 is 0. The number of morpholine rings is 1. The maximum atomic E-state index is 13.0. The Morgan fingerprint density at radius 3 is 2.83 bits per heavy atom. The lowest BCUT2D eigenvalue weighted by Crippen LogP contribution is -2.48. The largest absolute Gasteiger partial charge is 0.378 e. The van der Waals surface area contributed by atoms with Crippen LogP contribution < -0.4 is 4.90 Å². The van der Waals surface area contributed by atoms with Gasteiger partial charge in [-0.25, -0.2) is 4.99 Å². The molecule has 1 saturated heterocycles. The predicted octanol–water partition coefficient (Wildman–Crippen LogP) is 1.75. The number of carbonyl (C=O) groups excluding carboxylic acids is 1. The van der Waals surface area contributed by atoms with Crippen molar-refractivity contribution in [3.8, 4) is 0 Å². The van der Waals surface area contributed by atoms with Crippen molar-refractivity contribution in [3.05, 3.63) is 53.9 Å². The summed E-state index contributed by atoms with van der Waals surface area (Å²) in [5.74, 6) is 1.34. The van der Waals surface area contributed by atoms with Gasteiger partial charge in [-0.05, 0) is 30.3 Å². The average Bonchev–Trinajstić information content (AvgIpc) is 3.28. The van der Waals surface area contributed by atoms with Gasteiger partial charge in [0.1, 0.15) is 5.84 Å². The van der Waals surface area contributed by atoms with E-state index in [1.54, 1.807) is 36.5 Å². The van der Waals surface area contributed by atoms with Gasteiger partial charge in [-0.1, -0.05) is 0 Å². The van der Waals surface area contributed by atoms with E-state index in [1.165, 1.54) is 0 Å². The second kappa shape index (κ2) is 7.29. The Labute approximate surface area is 169 Å². The number of carbonyl (C=O) groups is 1. The fourth-order valence-electron chi connectivity index (χ4n) is 3.89. The van der Waals surface area contributed by atoms with Crippen LogP contribution in [0.25, 0.3) is 0 Å². The van der Waals surface area contributed by atoms with Crippen LogP contribution in [-0.4, -0.2) is 78.9 Å². The Hall–Kier alpha value is -3.26. The Bertz CT molecular complexity index is 997. The van der Waals surface area contributed by atoms with Gasteiger partial charge in [-0.2, -0.15) is 0 Å². The Morgan fingerprint density at radius 2 is 2.03 bits per heavy atom. The third kappa shape index (κ3) is 3.15. The summed E-state index contributed by atoms with van der Waals surface area (Å²) in [6, 6.07) is 9.81. The summed E-state index contributed by atoms with van der Waals surface area (Å²) in [7, 11) is 1.75. The molecule has 0 unspecified atom stereocenters. The zero-order chi connectivity index (χ0) is 19.8. The third-order valence-electron chi connectivity index (χ3n) is 5.41. The molecule has 5 rings (SSSR count). The van der Waals surface area contributed by atoms with Gasteiger partial charge in [0.15, 0.2) is 0 Å². The molecule has 2 aromatic rings. The van der Waals surface area contributed by atoms with Crippen molar-refractivity contribution in [1.82, 2.24) is 14.8 Å². The number of ether oxygens (including phenoxy) is 1. The van der Waals surface area contributed by atoms with Gasteiger partial charge in [-0.3, -0.25) is 24.6 Å². The zero-order valence-corrected chi connectivity index (χ0v) is 16.3. The van der Waals surface area contributed by atoms with Crippen LogP contribution >= 0.6 is 0 Å². The number of pyridine rings is 1. The molecule has 3 aliphatic heterocycles. The molecule has 1 fully saturated rings. The molecule has 8 heteroatoms. The highest BCUT2D eigenvalue weighted by Gasteiger charge is 2.34. The van der Waals surface area contributed by atoms with E-state index in [9.17, 15) is 4.79 Å². The molecule has 1 aromatic carbocycles. The number of anilines is 1. The van der Waals surface area contributed by atoms with E-state index >= 15 is 0 Å². The molecular formula is C21H22N6O2. The number of nitrogens with zero attached hydrogens (tertiary/aromatic N) is 6. The maximum absolute atomic E-state index is 13.0. The summed E-state index contributed by atoms with van der Waals surface area (Å²) in [5, 5.41) is 0. The van der Waals surface area contributed by atoms with E-state index in [0.717, 1.165) is 49.1 Å². The van der Waals surface area contributed by atoms with Gasteiger partial charge in [0.2, 0.25) is 5.96 Å². The van der Waals surface area contributed by atoms with Crippen LogP contribution in [0.15, 0.2) is 52.7 Å². The standard InChI is InChI=1S/C21H22N6O2/c1-25(20(28)15-3-2-6-22-14-15)21-24-18-13-16(26-9-11-29-12-10-26)4-5-17(18)19-23-7-8-27(19)21/h2-6,13-14H,7-12H2,1H3. The van der Waals surface area contributed by atoms with Crippen LogP contribution in [0.4, 0.5) is 11.4 Å².